The van der Waals surface area contributed by atoms with Crippen molar-refractivity contribution in [1.82, 2.24) is 5.32 Å². The van der Waals surface area contributed by atoms with Gasteiger partial charge in [-0.1, -0.05) is 19.9 Å². The molecule has 0 spiro atoms. The molecule has 0 fully saturated rings. The first kappa shape index (κ1) is 14.1. The second kappa shape index (κ2) is 6.58. The SMILES string of the molecule is CCC(O)(CC)CNC/C=C(/C)C(=O)O. The highest BCUT2D eigenvalue weighted by molar-refractivity contribution is 5.85. The van der Waals surface area contributed by atoms with Crippen molar-refractivity contribution in [2.75, 3.05) is 13.1 Å². The monoisotopic (exact) mass is 215 g/mol. The standard InChI is InChI=1S/C11H21NO3/c1-4-11(15,5-2)8-12-7-6-9(3)10(13)14/h6,12,15H,4-5,7-8H2,1-3H3,(H,13,14)/b9-6-. The summed E-state index contributed by atoms with van der Waals surface area (Å²) in [6.45, 7) is 6.38. The lowest BCUT2D eigenvalue weighted by atomic mass is 9.98. The molecule has 0 aliphatic heterocycles. The molecule has 0 saturated carbocycles. The molecule has 0 aromatic carbocycles. The smallest absolute Gasteiger partial charge is 0.330 e. The minimum atomic E-state index is -0.905. The molecule has 0 amide bonds. The molecule has 0 unspecified atom stereocenters. The number of aliphatic hydroxyl groups is 1. The van der Waals surface area contributed by atoms with Gasteiger partial charge in [-0.3, -0.25) is 0 Å². The quantitative estimate of drug-likeness (QED) is 0.440. The fourth-order valence-corrected chi connectivity index (χ4v) is 1.12. The third kappa shape index (κ3) is 5.54. The van der Waals surface area contributed by atoms with Crippen LogP contribution in [0.5, 0.6) is 0 Å². The maximum absolute atomic E-state index is 10.5. The van der Waals surface area contributed by atoms with Crippen LogP contribution < -0.4 is 5.32 Å². The summed E-state index contributed by atoms with van der Waals surface area (Å²) in [6, 6.07) is 0. The Morgan fingerprint density at radius 3 is 2.33 bits per heavy atom. The Kier molecular flexibility index (Phi) is 6.20. The van der Waals surface area contributed by atoms with Crippen molar-refractivity contribution in [2.24, 2.45) is 0 Å². The van der Waals surface area contributed by atoms with Crippen molar-refractivity contribution < 1.29 is 15.0 Å². The zero-order chi connectivity index (χ0) is 11.9. The highest BCUT2D eigenvalue weighted by Gasteiger charge is 2.20. The molecular formula is C11H21NO3. The number of aliphatic carboxylic acids is 1. The van der Waals surface area contributed by atoms with Gasteiger partial charge in [-0.2, -0.15) is 0 Å². The van der Waals surface area contributed by atoms with Gasteiger partial charge in [0, 0.05) is 18.7 Å². The van der Waals surface area contributed by atoms with Gasteiger partial charge >= 0.3 is 5.97 Å². The number of hydrogen-bond acceptors (Lipinski definition) is 3. The molecule has 4 nitrogen and oxygen atoms in total. The van der Waals surface area contributed by atoms with Crippen LogP contribution in [0.25, 0.3) is 0 Å². The van der Waals surface area contributed by atoms with Gasteiger partial charge in [0.15, 0.2) is 0 Å². The van der Waals surface area contributed by atoms with Gasteiger partial charge in [0.05, 0.1) is 5.60 Å². The van der Waals surface area contributed by atoms with E-state index < -0.39 is 11.6 Å². The number of nitrogens with one attached hydrogen (secondary N) is 1. The van der Waals surface area contributed by atoms with Crippen molar-refractivity contribution in [3.8, 4) is 0 Å². The van der Waals surface area contributed by atoms with E-state index in [-0.39, 0.29) is 0 Å². The molecule has 4 heteroatoms. The summed E-state index contributed by atoms with van der Waals surface area (Å²) in [5.74, 6) is -0.905. The van der Waals surface area contributed by atoms with Crippen molar-refractivity contribution in [2.45, 2.75) is 39.2 Å². The van der Waals surface area contributed by atoms with E-state index in [1.807, 2.05) is 13.8 Å². The molecule has 0 rings (SSSR count). The van der Waals surface area contributed by atoms with E-state index in [4.69, 9.17) is 5.11 Å². The third-order valence-electron chi connectivity index (χ3n) is 2.66. The summed E-state index contributed by atoms with van der Waals surface area (Å²) in [7, 11) is 0. The van der Waals surface area contributed by atoms with E-state index in [0.717, 1.165) is 0 Å². The highest BCUT2D eigenvalue weighted by atomic mass is 16.4. The van der Waals surface area contributed by atoms with Crippen LogP contribution in [-0.4, -0.2) is 34.9 Å². The van der Waals surface area contributed by atoms with Crippen LogP contribution in [0, 0.1) is 0 Å². The predicted octanol–water partition coefficient (Wildman–Crippen LogP) is 1.16. The molecular weight excluding hydrogens is 194 g/mol. The van der Waals surface area contributed by atoms with E-state index >= 15 is 0 Å². The molecule has 0 radical (unpaired) electrons. The zero-order valence-corrected chi connectivity index (χ0v) is 9.71. The molecule has 15 heavy (non-hydrogen) atoms. The Morgan fingerprint density at radius 2 is 1.93 bits per heavy atom. The topological polar surface area (TPSA) is 69.6 Å². The first-order valence-corrected chi connectivity index (χ1v) is 5.28. The predicted molar refractivity (Wildman–Crippen MR) is 59.8 cm³/mol. The normalized spacial score (nSPS) is 12.9. The first-order chi connectivity index (χ1) is 6.95. The molecule has 0 aliphatic rings. The van der Waals surface area contributed by atoms with E-state index in [9.17, 15) is 9.90 Å². The summed E-state index contributed by atoms with van der Waals surface area (Å²) in [5.41, 5.74) is -0.357. The van der Waals surface area contributed by atoms with E-state index in [1.54, 1.807) is 13.0 Å². The van der Waals surface area contributed by atoms with Crippen LogP contribution in [-0.2, 0) is 4.79 Å². The summed E-state index contributed by atoms with van der Waals surface area (Å²) < 4.78 is 0. The molecule has 0 heterocycles. The Bertz CT molecular complexity index is 232. The van der Waals surface area contributed by atoms with Gasteiger partial charge in [-0.05, 0) is 19.8 Å². The average Bonchev–Trinajstić information content (AvgIpc) is 2.23. The van der Waals surface area contributed by atoms with Crippen LogP contribution in [0.4, 0.5) is 0 Å². The van der Waals surface area contributed by atoms with Gasteiger partial charge in [0.2, 0.25) is 0 Å². The third-order valence-corrected chi connectivity index (χ3v) is 2.66. The maximum Gasteiger partial charge on any atom is 0.330 e. The molecule has 0 atom stereocenters. The Balaban J connectivity index is 3.89. The lowest BCUT2D eigenvalue weighted by Gasteiger charge is -2.25. The van der Waals surface area contributed by atoms with Crippen molar-refractivity contribution in [3.05, 3.63) is 11.6 Å². The number of carboxylic acids is 1. The molecule has 3 N–H and O–H groups in total. The van der Waals surface area contributed by atoms with Crippen LogP contribution in [0.15, 0.2) is 11.6 Å². The number of hydrogen-bond donors (Lipinski definition) is 3. The first-order valence-electron chi connectivity index (χ1n) is 5.28. The fraction of sp³-hybridized carbons (Fsp3) is 0.727. The van der Waals surface area contributed by atoms with Crippen molar-refractivity contribution in [3.63, 3.8) is 0 Å². The van der Waals surface area contributed by atoms with Crippen LogP contribution in [0.1, 0.15) is 33.6 Å². The molecule has 0 aliphatic carbocycles. The lowest BCUT2D eigenvalue weighted by molar-refractivity contribution is -0.132. The molecule has 0 bridgehead atoms. The number of rotatable bonds is 7. The van der Waals surface area contributed by atoms with Crippen LogP contribution in [0.3, 0.4) is 0 Å². The van der Waals surface area contributed by atoms with Gasteiger partial charge in [-0.15, -0.1) is 0 Å². The maximum atomic E-state index is 10.5. The van der Waals surface area contributed by atoms with Gasteiger partial charge in [-0.25, -0.2) is 4.79 Å². The minimum absolute atomic E-state index is 0.319. The zero-order valence-electron chi connectivity index (χ0n) is 9.71. The van der Waals surface area contributed by atoms with E-state index in [2.05, 4.69) is 5.32 Å². The van der Waals surface area contributed by atoms with E-state index in [1.165, 1.54) is 0 Å². The molecule has 0 aromatic rings. The van der Waals surface area contributed by atoms with Gasteiger partial charge in [0.1, 0.15) is 0 Å². The Morgan fingerprint density at radius 1 is 1.40 bits per heavy atom. The largest absolute Gasteiger partial charge is 0.478 e. The second-order valence-electron chi connectivity index (χ2n) is 3.75. The van der Waals surface area contributed by atoms with Gasteiger partial charge < -0.3 is 15.5 Å². The summed E-state index contributed by atoms with van der Waals surface area (Å²) >= 11 is 0. The lowest BCUT2D eigenvalue weighted by Crippen LogP contribution is -2.39. The van der Waals surface area contributed by atoms with Crippen LogP contribution >= 0.6 is 0 Å². The second-order valence-corrected chi connectivity index (χ2v) is 3.75. The summed E-state index contributed by atoms with van der Waals surface area (Å²) in [4.78, 5) is 10.5. The number of carboxylic acid groups (broad SMARTS) is 1. The number of carbonyl (C=O) groups is 1. The molecule has 0 aromatic heterocycles. The van der Waals surface area contributed by atoms with E-state index in [0.29, 0.717) is 31.5 Å². The minimum Gasteiger partial charge on any atom is -0.478 e. The van der Waals surface area contributed by atoms with Crippen molar-refractivity contribution >= 4 is 5.97 Å². The summed E-state index contributed by atoms with van der Waals surface area (Å²) in [5, 5.41) is 21.5. The van der Waals surface area contributed by atoms with Gasteiger partial charge in [0.25, 0.3) is 0 Å². The Hall–Kier alpha value is -0.870. The summed E-state index contributed by atoms with van der Waals surface area (Å²) in [6.07, 6.45) is 2.99. The van der Waals surface area contributed by atoms with Crippen molar-refractivity contribution in [1.29, 1.82) is 0 Å². The highest BCUT2D eigenvalue weighted by Crippen LogP contribution is 2.12. The average molecular weight is 215 g/mol. The fourth-order valence-electron chi connectivity index (χ4n) is 1.12. The van der Waals surface area contributed by atoms with Crippen LogP contribution in [0.2, 0.25) is 0 Å². The molecule has 0 saturated heterocycles. The molecule has 88 valence electrons. The Labute approximate surface area is 91.0 Å².